The molecule has 1 aliphatic carbocycles. The van der Waals surface area contributed by atoms with E-state index in [2.05, 4.69) is 43.4 Å². The average molecular weight is 274 g/mol. The fraction of sp³-hybridized carbons (Fsp3) is 0.588. The molecule has 1 saturated carbocycles. The van der Waals surface area contributed by atoms with Gasteiger partial charge >= 0.3 is 0 Å². The molecule has 0 heterocycles. The van der Waals surface area contributed by atoms with Crippen LogP contribution in [0.2, 0.25) is 0 Å². The highest BCUT2D eigenvalue weighted by Gasteiger charge is 2.22. The van der Waals surface area contributed by atoms with Gasteiger partial charge in [0.05, 0.1) is 0 Å². The summed E-state index contributed by atoms with van der Waals surface area (Å²) in [6.45, 7) is 4.88. The van der Waals surface area contributed by atoms with Crippen LogP contribution in [0, 0.1) is 5.92 Å². The van der Waals surface area contributed by atoms with E-state index in [0.29, 0.717) is 12.5 Å². The SMILES string of the molecule is CC(C)c1ccc(C(N)CNC(=O)C2CCCC2)cc1. The summed E-state index contributed by atoms with van der Waals surface area (Å²) in [6, 6.07) is 8.27. The Hall–Kier alpha value is -1.35. The smallest absolute Gasteiger partial charge is 0.223 e. The molecule has 0 radical (unpaired) electrons. The Balaban J connectivity index is 1.84. The van der Waals surface area contributed by atoms with E-state index in [1.165, 1.54) is 18.4 Å². The molecular formula is C17H26N2O. The van der Waals surface area contributed by atoms with Crippen LogP contribution >= 0.6 is 0 Å². The standard InChI is InChI=1S/C17H26N2O/c1-12(2)13-7-9-14(10-8-13)16(18)11-19-17(20)15-5-3-4-6-15/h7-10,12,15-16H,3-6,11,18H2,1-2H3,(H,19,20). The molecule has 3 N–H and O–H groups in total. The molecule has 2 rings (SSSR count). The van der Waals surface area contributed by atoms with Gasteiger partial charge in [0, 0.05) is 18.5 Å². The number of benzene rings is 1. The Morgan fingerprint density at radius 3 is 2.30 bits per heavy atom. The first-order valence-corrected chi connectivity index (χ1v) is 7.71. The van der Waals surface area contributed by atoms with E-state index in [1.807, 2.05) is 0 Å². The van der Waals surface area contributed by atoms with Gasteiger partial charge in [-0.25, -0.2) is 0 Å². The second-order valence-electron chi connectivity index (χ2n) is 6.15. The van der Waals surface area contributed by atoms with E-state index >= 15 is 0 Å². The molecule has 0 bridgehead atoms. The third-order valence-electron chi connectivity index (χ3n) is 4.25. The van der Waals surface area contributed by atoms with Crippen molar-refractivity contribution in [2.24, 2.45) is 11.7 Å². The Bertz CT molecular complexity index is 433. The summed E-state index contributed by atoms with van der Waals surface area (Å²) in [6.07, 6.45) is 4.43. The molecule has 0 aromatic heterocycles. The first-order chi connectivity index (χ1) is 9.58. The molecule has 1 fully saturated rings. The second kappa shape index (κ2) is 6.89. The van der Waals surface area contributed by atoms with Crippen LogP contribution < -0.4 is 11.1 Å². The van der Waals surface area contributed by atoms with Crippen molar-refractivity contribution in [3.63, 3.8) is 0 Å². The molecule has 0 saturated heterocycles. The van der Waals surface area contributed by atoms with Gasteiger partial charge in [-0.1, -0.05) is 51.0 Å². The summed E-state index contributed by atoms with van der Waals surface area (Å²) in [4.78, 5) is 12.0. The zero-order chi connectivity index (χ0) is 14.5. The maximum absolute atomic E-state index is 12.0. The van der Waals surface area contributed by atoms with Crippen molar-refractivity contribution in [3.8, 4) is 0 Å². The Morgan fingerprint density at radius 1 is 1.20 bits per heavy atom. The number of nitrogens with one attached hydrogen (secondary N) is 1. The lowest BCUT2D eigenvalue weighted by atomic mass is 9.99. The lowest BCUT2D eigenvalue weighted by Gasteiger charge is -2.16. The maximum Gasteiger partial charge on any atom is 0.223 e. The topological polar surface area (TPSA) is 55.1 Å². The van der Waals surface area contributed by atoms with Gasteiger partial charge in [-0.2, -0.15) is 0 Å². The highest BCUT2D eigenvalue weighted by atomic mass is 16.1. The van der Waals surface area contributed by atoms with Crippen LogP contribution in [0.3, 0.4) is 0 Å². The van der Waals surface area contributed by atoms with E-state index in [0.717, 1.165) is 18.4 Å². The van der Waals surface area contributed by atoms with Gasteiger partial charge < -0.3 is 11.1 Å². The zero-order valence-corrected chi connectivity index (χ0v) is 12.6. The summed E-state index contributed by atoms with van der Waals surface area (Å²) in [5, 5.41) is 3.00. The highest BCUT2D eigenvalue weighted by Crippen LogP contribution is 2.24. The third-order valence-corrected chi connectivity index (χ3v) is 4.25. The molecule has 3 nitrogen and oxygen atoms in total. The van der Waals surface area contributed by atoms with Gasteiger partial charge in [0.15, 0.2) is 0 Å². The molecule has 0 aliphatic heterocycles. The first-order valence-electron chi connectivity index (χ1n) is 7.71. The fourth-order valence-electron chi connectivity index (χ4n) is 2.79. The summed E-state index contributed by atoms with van der Waals surface area (Å²) in [5.41, 5.74) is 8.55. The monoisotopic (exact) mass is 274 g/mol. The van der Waals surface area contributed by atoms with Crippen molar-refractivity contribution in [2.75, 3.05) is 6.54 Å². The lowest BCUT2D eigenvalue weighted by molar-refractivity contribution is -0.124. The van der Waals surface area contributed by atoms with Gasteiger partial charge in [-0.3, -0.25) is 4.79 Å². The summed E-state index contributed by atoms with van der Waals surface area (Å²) in [7, 11) is 0. The molecule has 1 amide bonds. The summed E-state index contributed by atoms with van der Waals surface area (Å²) < 4.78 is 0. The van der Waals surface area contributed by atoms with Gasteiger partial charge in [0.2, 0.25) is 5.91 Å². The molecule has 110 valence electrons. The summed E-state index contributed by atoms with van der Waals surface area (Å²) in [5.74, 6) is 0.921. The normalized spacial score (nSPS) is 17.4. The minimum atomic E-state index is -0.124. The van der Waals surface area contributed by atoms with Gasteiger partial charge in [0.25, 0.3) is 0 Å². The first kappa shape index (κ1) is 15.0. The van der Waals surface area contributed by atoms with Crippen LogP contribution in [0.1, 0.15) is 62.6 Å². The molecule has 20 heavy (non-hydrogen) atoms. The van der Waals surface area contributed by atoms with E-state index in [9.17, 15) is 4.79 Å². The highest BCUT2D eigenvalue weighted by molar-refractivity contribution is 5.78. The molecule has 1 aliphatic rings. The minimum Gasteiger partial charge on any atom is -0.354 e. The number of hydrogen-bond acceptors (Lipinski definition) is 2. The molecule has 1 unspecified atom stereocenters. The average Bonchev–Trinajstić information content (AvgIpc) is 2.98. The van der Waals surface area contributed by atoms with Crippen molar-refractivity contribution >= 4 is 5.91 Å². The number of hydrogen-bond donors (Lipinski definition) is 2. The quantitative estimate of drug-likeness (QED) is 0.866. The van der Waals surface area contributed by atoms with Gasteiger partial charge in [-0.05, 0) is 29.9 Å². The Kier molecular flexibility index (Phi) is 5.18. The minimum absolute atomic E-state index is 0.124. The van der Waals surface area contributed by atoms with Crippen LogP contribution in [0.15, 0.2) is 24.3 Å². The number of rotatable bonds is 5. The lowest BCUT2D eigenvalue weighted by Crippen LogP contribution is -2.35. The number of nitrogens with two attached hydrogens (primary N) is 1. The molecule has 3 heteroatoms. The van der Waals surface area contributed by atoms with Crippen LogP contribution in [0.4, 0.5) is 0 Å². The fourth-order valence-corrected chi connectivity index (χ4v) is 2.79. The van der Waals surface area contributed by atoms with Crippen molar-refractivity contribution in [3.05, 3.63) is 35.4 Å². The van der Waals surface area contributed by atoms with E-state index in [4.69, 9.17) is 5.73 Å². The molecule has 0 spiro atoms. The number of carbonyl (C=O) groups excluding carboxylic acids is 1. The van der Waals surface area contributed by atoms with Crippen LogP contribution in [0.5, 0.6) is 0 Å². The van der Waals surface area contributed by atoms with Gasteiger partial charge in [-0.15, -0.1) is 0 Å². The van der Waals surface area contributed by atoms with Crippen LogP contribution in [-0.2, 0) is 4.79 Å². The van der Waals surface area contributed by atoms with Gasteiger partial charge in [0.1, 0.15) is 0 Å². The summed E-state index contributed by atoms with van der Waals surface area (Å²) >= 11 is 0. The Morgan fingerprint density at radius 2 is 1.75 bits per heavy atom. The second-order valence-corrected chi connectivity index (χ2v) is 6.15. The van der Waals surface area contributed by atoms with Crippen molar-refractivity contribution in [1.82, 2.24) is 5.32 Å². The zero-order valence-electron chi connectivity index (χ0n) is 12.6. The van der Waals surface area contributed by atoms with Crippen LogP contribution in [0.25, 0.3) is 0 Å². The molecule has 1 aromatic carbocycles. The number of carbonyl (C=O) groups is 1. The molecule has 1 aromatic rings. The predicted molar refractivity (Wildman–Crippen MR) is 82.4 cm³/mol. The van der Waals surface area contributed by atoms with E-state index < -0.39 is 0 Å². The molecular weight excluding hydrogens is 248 g/mol. The van der Waals surface area contributed by atoms with Crippen molar-refractivity contribution in [1.29, 1.82) is 0 Å². The van der Waals surface area contributed by atoms with Crippen molar-refractivity contribution < 1.29 is 4.79 Å². The molecule has 1 atom stereocenters. The number of amides is 1. The maximum atomic E-state index is 12.0. The predicted octanol–water partition coefficient (Wildman–Crippen LogP) is 3.12. The van der Waals surface area contributed by atoms with E-state index in [1.54, 1.807) is 0 Å². The van der Waals surface area contributed by atoms with Crippen LogP contribution in [-0.4, -0.2) is 12.5 Å². The largest absolute Gasteiger partial charge is 0.354 e. The van der Waals surface area contributed by atoms with E-state index in [-0.39, 0.29) is 17.9 Å². The van der Waals surface area contributed by atoms with Crippen molar-refractivity contribution in [2.45, 2.75) is 51.5 Å². The third kappa shape index (κ3) is 3.83. The Labute approximate surface area is 121 Å².